The van der Waals surface area contributed by atoms with Crippen molar-refractivity contribution in [3.63, 3.8) is 0 Å². The summed E-state index contributed by atoms with van der Waals surface area (Å²) in [6.07, 6.45) is 5.11. The fourth-order valence-electron chi connectivity index (χ4n) is 2.44. The van der Waals surface area contributed by atoms with Crippen LogP contribution in [0.4, 0.5) is 0 Å². The van der Waals surface area contributed by atoms with Crippen LogP contribution in [0.3, 0.4) is 0 Å². The minimum Gasteiger partial charge on any atom is -0.350 e. The van der Waals surface area contributed by atoms with Crippen LogP contribution in [0.15, 0.2) is 43.0 Å². The van der Waals surface area contributed by atoms with Gasteiger partial charge in [-0.05, 0) is 45.7 Å². The van der Waals surface area contributed by atoms with Gasteiger partial charge in [0.15, 0.2) is 0 Å². The topological polar surface area (TPSA) is 66.9 Å². The molecule has 0 bridgehead atoms. The minimum absolute atomic E-state index is 0.00686. The van der Waals surface area contributed by atoms with Crippen LogP contribution >= 0.6 is 0 Å². The quantitative estimate of drug-likeness (QED) is 0.886. The molecule has 0 unspecified atom stereocenters. The number of hydrogen-bond donors (Lipinski definition) is 2. The number of hydrogen-bond acceptors (Lipinski definition) is 4. The first-order valence-corrected chi connectivity index (χ1v) is 8.20. The van der Waals surface area contributed by atoms with Gasteiger partial charge in [0.05, 0.1) is 6.04 Å². The molecule has 5 heteroatoms. The Balaban J connectivity index is 2.00. The molecule has 1 aromatic heterocycles. The largest absolute Gasteiger partial charge is 0.350 e. The van der Waals surface area contributed by atoms with Gasteiger partial charge in [-0.2, -0.15) is 0 Å². The van der Waals surface area contributed by atoms with Gasteiger partial charge < -0.3 is 5.32 Å². The highest BCUT2D eigenvalue weighted by Gasteiger charge is 2.20. The molecular formula is C19H26N4O. The lowest BCUT2D eigenvalue weighted by Crippen LogP contribution is -2.49. The summed E-state index contributed by atoms with van der Waals surface area (Å²) in [5, 5.41) is 6.33. The van der Waals surface area contributed by atoms with Crippen molar-refractivity contribution in [3.8, 4) is 11.1 Å². The second-order valence-electron chi connectivity index (χ2n) is 7.10. The van der Waals surface area contributed by atoms with E-state index in [4.69, 9.17) is 0 Å². The van der Waals surface area contributed by atoms with Crippen LogP contribution in [0, 0.1) is 0 Å². The van der Waals surface area contributed by atoms with Gasteiger partial charge in [-0.25, -0.2) is 9.97 Å². The van der Waals surface area contributed by atoms with Crippen molar-refractivity contribution in [1.82, 2.24) is 20.6 Å². The van der Waals surface area contributed by atoms with Crippen molar-refractivity contribution in [2.45, 2.75) is 52.2 Å². The number of carbonyl (C=O) groups is 1. The van der Waals surface area contributed by atoms with Gasteiger partial charge in [-0.15, -0.1) is 0 Å². The molecule has 0 aliphatic rings. The molecule has 2 aromatic rings. The van der Waals surface area contributed by atoms with Gasteiger partial charge in [-0.1, -0.05) is 24.3 Å². The van der Waals surface area contributed by atoms with E-state index in [1.54, 1.807) is 12.4 Å². The van der Waals surface area contributed by atoms with E-state index in [1.165, 1.54) is 6.33 Å². The van der Waals surface area contributed by atoms with Gasteiger partial charge >= 0.3 is 0 Å². The molecule has 0 spiro atoms. The first-order chi connectivity index (χ1) is 11.3. The molecule has 5 nitrogen and oxygen atoms in total. The summed E-state index contributed by atoms with van der Waals surface area (Å²) < 4.78 is 0. The maximum Gasteiger partial charge on any atom is 0.237 e. The van der Waals surface area contributed by atoms with Crippen LogP contribution in [0.1, 0.15) is 46.2 Å². The van der Waals surface area contributed by atoms with E-state index in [-0.39, 0.29) is 23.5 Å². The molecule has 0 saturated heterocycles. The van der Waals surface area contributed by atoms with Crippen LogP contribution in [0.5, 0.6) is 0 Å². The number of aromatic nitrogens is 2. The molecule has 0 aliphatic heterocycles. The third-order valence-corrected chi connectivity index (χ3v) is 3.70. The zero-order valence-corrected chi connectivity index (χ0v) is 15.0. The van der Waals surface area contributed by atoms with Crippen LogP contribution in [-0.2, 0) is 4.79 Å². The first-order valence-electron chi connectivity index (χ1n) is 8.20. The molecule has 1 aromatic carbocycles. The predicted octanol–water partition coefficient (Wildman–Crippen LogP) is 3.10. The molecular weight excluding hydrogens is 300 g/mol. The molecule has 24 heavy (non-hydrogen) atoms. The van der Waals surface area contributed by atoms with E-state index in [2.05, 4.69) is 39.7 Å². The number of benzene rings is 1. The molecule has 0 radical (unpaired) electrons. The maximum atomic E-state index is 12.2. The summed E-state index contributed by atoms with van der Waals surface area (Å²) >= 11 is 0. The molecule has 2 N–H and O–H groups in total. The monoisotopic (exact) mass is 326 g/mol. The summed E-state index contributed by atoms with van der Waals surface area (Å²) in [5.41, 5.74) is 2.97. The molecule has 2 rings (SSSR count). The summed E-state index contributed by atoms with van der Waals surface area (Å²) in [7, 11) is 0. The first kappa shape index (κ1) is 18.1. The predicted molar refractivity (Wildman–Crippen MR) is 96.4 cm³/mol. The summed E-state index contributed by atoms with van der Waals surface area (Å²) in [4.78, 5) is 20.3. The lowest BCUT2D eigenvalue weighted by molar-refractivity contribution is -0.124. The molecule has 2 atom stereocenters. The van der Waals surface area contributed by atoms with Crippen molar-refractivity contribution in [2.24, 2.45) is 0 Å². The molecule has 1 heterocycles. The SMILES string of the molecule is C[C@H](N[C@@H](C)c1ccc(-c2cncnc2)cc1)C(=O)NC(C)(C)C. The Bertz CT molecular complexity index is 662. The zero-order valence-electron chi connectivity index (χ0n) is 15.0. The summed E-state index contributed by atoms with van der Waals surface area (Å²) in [6, 6.07) is 8.04. The fourth-order valence-corrected chi connectivity index (χ4v) is 2.44. The average molecular weight is 326 g/mol. The van der Waals surface area contributed by atoms with Crippen molar-refractivity contribution in [1.29, 1.82) is 0 Å². The number of amides is 1. The highest BCUT2D eigenvalue weighted by Crippen LogP contribution is 2.21. The Morgan fingerprint density at radius 1 is 1.00 bits per heavy atom. The van der Waals surface area contributed by atoms with E-state index in [0.717, 1.165) is 16.7 Å². The van der Waals surface area contributed by atoms with Crippen LogP contribution in [0.2, 0.25) is 0 Å². The fraction of sp³-hybridized carbons (Fsp3) is 0.421. The van der Waals surface area contributed by atoms with Crippen LogP contribution in [0.25, 0.3) is 11.1 Å². The standard InChI is InChI=1S/C19H26N4O/c1-13(22-14(2)18(24)23-19(3,4)5)15-6-8-16(9-7-15)17-10-20-12-21-11-17/h6-14,22H,1-5H3,(H,23,24)/t13-,14-/m0/s1. The minimum atomic E-state index is -0.263. The maximum absolute atomic E-state index is 12.2. The number of nitrogens with zero attached hydrogens (tertiary/aromatic N) is 2. The van der Waals surface area contributed by atoms with E-state index in [9.17, 15) is 4.79 Å². The number of carbonyl (C=O) groups excluding carboxylic acids is 1. The van der Waals surface area contributed by atoms with E-state index in [0.29, 0.717) is 0 Å². The zero-order chi connectivity index (χ0) is 17.7. The van der Waals surface area contributed by atoms with Crippen LogP contribution < -0.4 is 10.6 Å². The lowest BCUT2D eigenvalue weighted by Gasteiger charge is -2.25. The molecule has 0 aliphatic carbocycles. The Morgan fingerprint density at radius 3 is 2.12 bits per heavy atom. The molecule has 0 fully saturated rings. The third kappa shape index (κ3) is 5.13. The normalized spacial score (nSPS) is 14.0. The van der Waals surface area contributed by atoms with Crippen molar-refractivity contribution in [2.75, 3.05) is 0 Å². The molecule has 1 amide bonds. The Kier molecular flexibility index (Phi) is 5.67. The van der Waals surface area contributed by atoms with Gasteiger partial charge in [0, 0.05) is 29.5 Å². The summed E-state index contributed by atoms with van der Waals surface area (Å²) in [5.74, 6) is 0.00686. The lowest BCUT2D eigenvalue weighted by atomic mass is 10.0. The van der Waals surface area contributed by atoms with Crippen molar-refractivity contribution < 1.29 is 4.79 Å². The van der Waals surface area contributed by atoms with Gasteiger partial charge in [-0.3, -0.25) is 10.1 Å². The molecule has 128 valence electrons. The molecule has 0 saturated carbocycles. The van der Waals surface area contributed by atoms with Crippen molar-refractivity contribution in [3.05, 3.63) is 48.5 Å². The number of rotatable bonds is 5. The summed E-state index contributed by atoms with van der Waals surface area (Å²) in [6.45, 7) is 9.88. The van der Waals surface area contributed by atoms with Gasteiger partial charge in [0.1, 0.15) is 6.33 Å². The van der Waals surface area contributed by atoms with E-state index < -0.39 is 0 Å². The third-order valence-electron chi connectivity index (χ3n) is 3.70. The Morgan fingerprint density at radius 2 is 1.58 bits per heavy atom. The Hall–Kier alpha value is -2.27. The average Bonchev–Trinajstić information content (AvgIpc) is 2.54. The second kappa shape index (κ2) is 7.53. The van der Waals surface area contributed by atoms with Crippen molar-refractivity contribution >= 4 is 5.91 Å². The van der Waals surface area contributed by atoms with E-state index in [1.807, 2.05) is 39.8 Å². The van der Waals surface area contributed by atoms with Gasteiger partial charge in [0.2, 0.25) is 5.91 Å². The van der Waals surface area contributed by atoms with Crippen LogP contribution in [-0.4, -0.2) is 27.5 Å². The van der Waals surface area contributed by atoms with Gasteiger partial charge in [0.25, 0.3) is 0 Å². The van der Waals surface area contributed by atoms with E-state index >= 15 is 0 Å². The number of nitrogens with one attached hydrogen (secondary N) is 2. The highest BCUT2D eigenvalue weighted by atomic mass is 16.2. The highest BCUT2D eigenvalue weighted by molar-refractivity contribution is 5.82. The Labute approximate surface area is 143 Å². The smallest absolute Gasteiger partial charge is 0.237 e. The second-order valence-corrected chi connectivity index (χ2v) is 7.10.